The van der Waals surface area contributed by atoms with Crippen molar-refractivity contribution in [2.75, 3.05) is 19.0 Å². The van der Waals surface area contributed by atoms with Crippen molar-refractivity contribution in [1.29, 1.82) is 0 Å². The molecule has 1 aliphatic heterocycles. The molecular weight excluding hydrogens is 314 g/mol. The van der Waals surface area contributed by atoms with Crippen molar-refractivity contribution in [3.8, 4) is 0 Å². The lowest BCUT2D eigenvalue weighted by atomic mass is 10.1. The van der Waals surface area contributed by atoms with Gasteiger partial charge in [-0.25, -0.2) is 13.1 Å². The summed E-state index contributed by atoms with van der Waals surface area (Å²) >= 11 is 0. The van der Waals surface area contributed by atoms with Crippen LogP contribution in [-0.2, 0) is 32.6 Å². The van der Waals surface area contributed by atoms with Gasteiger partial charge >= 0.3 is 0 Å². The van der Waals surface area contributed by atoms with Gasteiger partial charge < -0.3 is 9.47 Å². The molecule has 0 bridgehead atoms. The number of ether oxygens (including phenoxy) is 2. The Morgan fingerprint density at radius 3 is 2.70 bits per heavy atom. The molecule has 23 heavy (non-hydrogen) atoms. The number of benzene rings is 1. The predicted molar refractivity (Wildman–Crippen MR) is 90.5 cm³/mol. The molecule has 1 saturated heterocycles. The summed E-state index contributed by atoms with van der Waals surface area (Å²) in [7, 11) is -3.27. The maximum absolute atomic E-state index is 12.1. The Morgan fingerprint density at radius 1 is 1.30 bits per heavy atom. The summed E-state index contributed by atoms with van der Waals surface area (Å²) < 4.78 is 37.9. The van der Waals surface area contributed by atoms with Gasteiger partial charge in [0.15, 0.2) is 0 Å². The van der Waals surface area contributed by atoms with Crippen LogP contribution in [0.4, 0.5) is 0 Å². The van der Waals surface area contributed by atoms with Crippen molar-refractivity contribution in [1.82, 2.24) is 4.72 Å². The second kappa shape index (κ2) is 7.75. The van der Waals surface area contributed by atoms with E-state index in [1.54, 1.807) is 0 Å². The van der Waals surface area contributed by atoms with Crippen molar-refractivity contribution >= 4 is 10.0 Å². The molecule has 0 saturated carbocycles. The first-order valence-corrected chi connectivity index (χ1v) is 9.66. The van der Waals surface area contributed by atoms with Crippen LogP contribution in [0, 0.1) is 5.92 Å². The SMILES string of the molecule is CC(C)(C)OCc1cccc(CNS(=O)(=O)CC2CCOC2)c1. The highest BCUT2D eigenvalue weighted by Gasteiger charge is 2.22. The number of rotatable bonds is 7. The molecule has 0 aliphatic carbocycles. The second-order valence-electron chi connectivity index (χ2n) is 7.05. The van der Waals surface area contributed by atoms with Crippen LogP contribution >= 0.6 is 0 Å². The molecule has 0 amide bonds. The Morgan fingerprint density at radius 2 is 2.04 bits per heavy atom. The lowest BCUT2D eigenvalue weighted by Gasteiger charge is -2.19. The standard InChI is InChI=1S/C17H27NO4S/c1-17(2,3)22-12-15-6-4-5-14(9-15)10-18-23(19,20)13-16-7-8-21-11-16/h4-6,9,16,18H,7-8,10-13H2,1-3H3. The largest absolute Gasteiger partial charge is 0.381 e. The lowest BCUT2D eigenvalue weighted by Crippen LogP contribution is -2.29. The molecule has 130 valence electrons. The lowest BCUT2D eigenvalue weighted by molar-refractivity contribution is -0.0149. The molecule has 1 unspecified atom stereocenters. The average molecular weight is 341 g/mol. The van der Waals surface area contributed by atoms with E-state index in [1.807, 2.05) is 45.0 Å². The molecule has 1 N–H and O–H groups in total. The number of nitrogens with one attached hydrogen (secondary N) is 1. The highest BCUT2D eigenvalue weighted by atomic mass is 32.2. The van der Waals surface area contributed by atoms with Crippen LogP contribution in [0.1, 0.15) is 38.3 Å². The smallest absolute Gasteiger partial charge is 0.212 e. The van der Waals surface area contributed by atoms with Gasteiger partial charge in [-0.2, -0.15) is 0 Å². The van der Waals surface area contributed by atoms with E-state index in [2.05, 4.69) is 4.72 Å². The van der Waals surface area contributed by atoms with Crippen LogP contribution in [0.15, 0.2) is 24.3 Å². The van der Waals surface area contributed by atoms with Crippen molar-refractivity contribution in [2.45, 2.75) is 45.9 Å². The molecule has 6 heteroatoms. The zero-order valence-electron chi connectivity index (χ0n) is 14.2. The van der Waals surface area contributed by atoms with E-state index in [-0.39, 0.29) is 17.3 Å². The van der Waals surface area contributed by atoms with E-state index in [0.29, 0.717) is 26.4 Å². The summed E-state index contributed by atoms with van der Waals surface area (Å²) in [5.74, 6) is 0.249. The van der Waals surface area contributed by atoms with Gasteiger partial charge in [-0.1, -0.05) is 24.3 Å². The van der Waals surface area contributed by atoms with Crippen molar-refractivity contribution in [3.63, 3.8) is 0 Å². The molecule has 5 nitrogen and oxygen atoms in total. The highest BCUT2D eigenvalue weighted by Crippen LogP contribution is 2.15. The Hall–Kier alpha value is -0.950. The van der Waals surface area contributed by atoms with Crippen LogP contribution < -0.4 is 4.72 Å². The average Bonchev–Trinajstić information content (AvgIpc) is 2.95. The monoisotopic (exact) mass is 341 g/mol. The topological polar surface area (TPSA) is 64.6 Å². The third-order valence-electron chi connectivity index (χ3n) is 3.64. The minimum atomic E-state index is -3.27. The van der Waals surface area contributed by atoms with E-state index in [0.717, 1.165) is 17.5 Å². The highest BCUT2D eigenvalue weighted by molar-refractivity contribution is 7.89. The van der Waals surface area contributed by atoms with Gasteiger partial charge in [0, 0.05) is 13.2 Å². The van der Waals surface area contributed by atoms with Crippen LogP contribution in [-0.4, -0.2) is 33.0 Å². The normalized spacial score (nSPS) is 19.2. The van der Waals surface area contributed by atoms with Gasteiger partial charge in [-0.05, 0) is 44.2 Å². The first-order valence-electron chi connectivity index (χ1n) is 8.00. The molecule has 1 aromatic carbocycles. The van der Waals surface area contributed by atoms with Crippen molar-refractivity contribution in [3.05, 3.63) is 35.4 Å². The van der Waals surface area contributed by atoms with Gasteiger partial charge in [-0.3, -0.25) is 0 Å². The van der Waals surface area contributed by atoms with E-state index < -0.39 is 10.0 Å². The molecule has 0 aromatic heterocycles. The summed E-state index contributed by atoms with van der Waals surface area (Å²) in [5.41, 5.74) is 1.79. The van der Waals surface area contributed by atoms with Crippen molar-refractivity contribution < 1.29 is 17.9 Å². The van der Waals surface area contributed by atoms with Crippen LogP contribution in [0.25, 0.3) is 0 Å². The molecule has 1 aromatic rings. The van der Waals surface area contributed by atoms with Crippen LogP contribution in [0.2, 0.25) is 0 Å². The fourth-order valence-electron chi connectivity index (χ4n) is 2.41. The summed E-state index contributed by atoms with van der Waals surface area (Å²) in [4.78, 5) is 0. The molecule has 0 radical (unpaired) electrons. The van der Waals surface area contributed by atoms with Gasteiger partial charge in [0.05, 0.1) is 24.6 Å². The summed E-state index contributed by atoms with van der Waals surface area (Å²) in [6.07, 6.45) is 0.820. The first-order chi connectivity index (χ1) is 10.7. The third-order valence-corrected chi connectivity index (χ3v) is 5.13. The van der Waals surface area contributed by atoms with Gasteiger partial charge in [0.25, 0.3) is 0 Å². The zero-order chi connectivity index (χ0) is 16.9. The summed E-state index contributed by atoms with van der Waals surface area (Å²) in [6.45, 7) is 8.06. The quantitative estimate of drug-likeness (QED) is 0.827. The fraction of sp³-hybridized carbons (Fsp3) is 0.647. The molecule has 1 fully saturated rings. The maximum atomic E-state index is 12.1. The summed E-state index contributed by atoms with van der Waals surface area (Å²) in [6, 6.07) is 7.81. The number of hydrogen-bond donors (Lipinski definition) is 1. The Balaban J connectivity index is 1.87. The Bertz CT molecular complexity index is 601. The zero-order valence-corrected chi connectivity index (χ0v) is 15.0. The van der Waals surface area contributed by atoms with Crippen molar-refractivity contribution in [2.24, 2.45) is 5.92 Å². The van der Waals surface area contributed by atoms with Gasteiger partial charge in [-0.15, -0.1) is 0 Å². The van der Waals surface area contributed by atoms with Crippen LogP contribution in [0.3, 0.4) is 0 Å². The molecule has 1 atom stereocenters. The molecule has 0 spiro atoms. The van der Waals surface area contributed by atoms with E-state index >= 15 is 0 Å². The Labute approximate surface area is 139 Å². The van der Waals surface area contributed by atoms with E-state index in [4.69, 9.17) is 9.47 Å². The Kier molecular flexibility index (Phi) is 6.19. The van der Waals surface area contributed by atoms with E-state index in [1.165, 1.54) is 0 Å². The predicted octanol–water partition coefficient (Wildman–Crippen LogP) is 2.46. The minimum Gasteiger partial charge on any atom is -0.381 e. The van der Waals surface area contributed by atoms with Gasteiger partial charge in [0.1, 0.15) is 0 Å². The molecular formula is C17H27NO4S. The first kappa shape index (κ1) is 18.4. The second-order valence-corrected chi connectivity index (χ2v) is 8.90. The third kappa shape index (κ3) is 6.99. The fourth-order valence-corrected chi connectivity index (χ4v) is 3.79. The molecule has 1 heterocycles. The summed E-state index contributed by atoms with van der Waals surface area (Å²) in [5, 5.41) is 0. The molecule has 1 aliphatic rings. The van der Waals surface area contributed by atoms with Gasteiger partial charge in [0.2, 0.25) is 10.0 Å². The maximum Gasteiger partial charge on any atom is 0.212 e. The van der Waals surface area contributed by atoms with E-state index in [9.17, 15) is 8.42 Å². The molecule has 2 rings (SSSR count). The minimum absolute atomic E-state index is 0.110. The van der Waals surface area contributed by atoms with Crippen LogP contribution in [0.5, 0.6) is 0 Å². The number of hydrogen-bond acceptors (Lipinski definition) is 4. The number of sulfonamides is 1.